The van der Waals surface area contributed by atoms with Crippen molar-refractivity contribution in [3.8, 4) is 5.75 Å². The summed E-state index contributed by atoms with van der Waals surface area (Å²) in [6, 6.07) is 22.8. The number of anilines is 1. The van der Waals surface area contributed by atoms with Gasteiger partial charge in [0.05, 0.1) is 12.0 Å². The lowest BCUT2D eigenvalue weighted by Gasteiger charge is -2.11. The summed E-state index contributed by atoms with van der Waals surface area (Å²) in [6.07, 6.45) is 2.79. The summed E-state index contributed by atoms with van der Waals surface area (Å²) in [5.74, 6) is 0.315. The first kappa shape index (κ1) is 22.4. The molecule has 0 fully saturated rings. The summed E-state index contributed by atoms with van der Waals surface area (Å²) in [6.45, 7) is 1.25. The van der Waals surface area contributed by atoms with Crippen molar-refractivity contribution in [3.63, 3.8) is 0 Å². The third-order valence-electron chi connectivity index (χ3n) is 5.29. The topological polar surface area (TPSA) is 89.4 Å². The van der Waals surface area contributed by atoms with E-state index >= 15 is 0 Å². The molecule has 0 radical (unpaired) electrons. The molecule has 33 heavy (non-hydrogen) atoms. The Kier molecular flexibility index (Phi) is 6.65. The highest BCUT2D eigenvalue weighted by molar-refractivity contribution is 7.92. The summed E-state index contributed by atoms with van der Waals surface area (Å²) in [4.78, 5) is 12.6. The van der Waals surface area contributed by atoms with E-state index in [4.69, 9.17) is 4.74 Å². The zero-order valence-electron chi connectivity index (χ0n) is 18.2. The lowest BCUT2D eigenvalue weighted by atomic mass is 10.2. The highest BCUT2D eigenvalue weighted by Gasteiger charge is 2.16. The maximum atomic E-state index is 12.8. The van der Waals surface area contributed by atoms with Crippen LogP contribution in [0.25, 0.3) is 10.9 Å². The molecule has 7 nitrogen and oxygen atoms in total. The first-order valence-corrected chi connectivity index (χ1v) is 12.0. The predicted molar refractivity (Wildman–Crippen MR) is 129 cm³/mol. The molecule has 0 spiro atoms. The number of rotatable bonds is 9. The number of nitrogens with one attached hydrogen (secondary N) is 2. The first-order chi connectivity index (χ1) is 16.0. The van der Waals surface area contributed by atoms with Crippen LogP contribution < -0.4 is 14.8 Å². The van der Waals surface area contributed by atoms with Gasteiger partial charge in [-0.2, -0.15) is 0 Å². The minimum Gasteiger partial charge on any atom is -0.497 e. The fraction of sp³-hybridized carbons (Fsp3) is 0.160. The van der Waals surface area contributed by atoms with Gasteiger partial charge in [0, 0.05) is 36.1 Å². The van der Waals surface area contributed by atoms with Crippen molar-refractivity contribution in [1.29, 1.82) is 0 Å². The molecule has 0 aliphatic rings. The lowest BCUT2D eigenvalue weighted by Crippen LogP contribution is -2.25. The average molecular weight is 464 g/mol. The van der Waals surface area contributed by atoms with Crippen LogP contribution in [0.2, 0.25) is 0 Å². The molecule has 1 amide bonds. The second kappa shape index (κ2) is 9.79. The molecule has 1 heterocycles. The van der Waals surface area contributed by atoms with E-state index < -0.39 is 10.0 Å². The molecular weight excluding hydrogens is 438 g/mol. The number of hydrogen-bond acceptors (Lipinski definition) is 4. The number of carbonyl (C=O) groups is 1. The maximum Gasteiger partial charge on any atom is 0.261 e. The summed E-state index contributed by atoms with van der Waals surface area (Å²) in [5, 5.41) is 4.05. The van der Waals surface area contributed by atoms with E-state index in [9.17, 15) is 13.2 Å². The lowest BCUT2D eigenvalue weighted by molar-refractivity contribution is 0.0952. The van der Waals surface area contributed by atoms with Gasteiger partial charge in [0.2, 0.25) is 0 Å². The summed E-state index contributed by atoms with van der Waals surface area (Å²) in [5.41, 5.74) is 1.85. The Morgan fingerprint density at radius 1 is 0.970 bits per heavy atom. The zero-order chi connectivity index (χ0) is 23.3. The van der Waals surface area contributed by atoms with Gasteiger partial charge in [-0.25, -0.2) is 8.42 Å². The van der Waals surface area contributed by atoms with E-state index in [2.05, 4.69) is 32.8 Å². The van der Waals surface area contributed by atoms with Crippen LogP contribution in [0.3, 0.4) is 0 Å². The number of amides is 1. The summed E-state index contributed by atoms with van der Waals surface area (Å²) < 4.78 is 35.3. The Balaban J connectivity index is 1.35. The summed E-state index contributed by atoms with van der Waals surface area (Å²) in [7, 11) is -2.30. The Hall–Kier alpha value is -3.78. The number of ether oxygens (including phenoxy) is 1. The van der Waals surface area contributed by atoms with Crippen molar-refractivity contribution in [2.75, 3.05) is 18.4 Å². The molecule has 0 bridgehead atoms. The maximum absolute atomic E-state index is 12.8. The van der Waals surface area contributed by atoms with Gasteiger partial charge in [0.25, 0.3) is 15.9 Å². The first-order valence-electron chi connectivity index (χ1n) is 10.6. The minimum absolute atomic E-state index is 0.0183. The molecule has 3 aromatic carbocycles. The highest BCUT2D eigenvalue weighted by Crippen LogP contribution is 2.20. The summed E-state index contributed by atoms with van der Waals surface area (Å²) >= 11 is 0. The quantitative estimate of drug-likeness (QED) is 0.363. The normalized spacial score (nSPS) is 11.3. The number of hydrogen-bond donors (Lipinski definition) is 2. The molecule has 0 aliphatic heterocycles. The number of aryl methyl sites for hydroxylation is 1. The average Bonchev–Trinajstić information content (AvgIpc) is 3.25. The van der Waals surface area contributed by atoms with Crippen LogP contribution >= 0.6 is 0 Å². The molecule has 4 aromatic rings. The number of benzene rings is 3. The molecule has 0 saturated heterocycles. The van der Waals surface area contributed by atoms with Crippen LogP contribution in [0, 0.1) is 0 Å². The monoisotopic (exact) mass is 463 g/mol. The van der Waals surface area contributed by atoms with Gasteiger partial charge >= 0.3 is 0 Å². The van der Waals surface area contributed by atoms with Crippen LogP contribution in [0.5, 0.6) is 5.75 Å². The standard InChI is InChI=1S/C25H25N3O4S/c1-32-22-12-10-21(11-13-22)27-33(30,31)23-8-4-7-20(18-23)25(29)26-15-5-16-28-17-14-19-6-2-3-9-24(19)28/h2-4,6-14,17-18,27H,5,15-16H2,1H3,(H,26,29). The van der Waals surface area contributed by atoms with Gasteiger partial charge in [0.1, 0.15) is 5.75 Å². The van der Waals surface area contributed by atoms with Crippen LogP contribution in [0.1, 0.15) is 16.8 Å². The largest absolute Gasteiger partial charge is 0.497 e. The SMILES string of the molecule is COc1ccc(NS(=O)(=O)c2cccc(C(=O)NCCCn3ccc4ccccc43)c2)cc1. The second-order valence-corrected chi connectivity index (χ2v) is 9.22. The number of nitrogens with zero attached hydrogens (tertiary/aromatic N) is 1. The Morgan fingerprint density at radius 3 is 2.55 bits per heavy atom. The Labute approximate surface area is 193 Å². The van der Waals surface area contributed by atoms with E-state index in [-0.39, 0.29) is 10.8 Å². The van der Waals surface area contributed by atoms with Crippen LogP contribution in [0.15, 0.2) is 90.0 Å². The molecule has 0 atom stereocenters. The number of aromatic nitrogens is 1. The molecule has 170 valence electrons. The molecule has 1 aromatic heterocycles. The number of para-hydroxylation sites is 1. The number of fused-ring (bicyclic) bond motifs is 1. The molecule has 8 heteroatoms. The van der Waals surface area contributed by atoms with Crippen molar-refractivity contribution in [1.82, 2.24) is 9.88 Å². The number of methoxy groups -OCH3 is 1. The fourth-order valence-corrected chi connectivity index (χ4v) is 4.67. The predicted octanol–water partition coefficient (Wildman–Crippen LogP) is 4.27. The van der Waals surface area contributed by atoms with Gasteiger partial charge in [-0.05, 0) is 66.4 Å². The van der Waals surface area contributed by atoms with E-state index in [1.54, 1.807) is 36.4 Å². The third-order valence-corrected chi connectivity index (χ3v) is 6.67. The van der Waals surface area contributed by atoms with E-state index in [1.165, 1.54) is 24.6 Å². The third kappa shape index (κ3) is 5.35. The van der Waals surface area contributed by atoms with Crippen molar-refractivity contribution in [2.45, 2.75) is 17.9 Å². The Morgan fingerprint density at radius 2 is 1.76 bits per heavy atom. The van der Waals surface area contributed by atoms with Crippen molar-refractivity contribution in [3.05, 3.63) is 90.6 Å². The second-order valence-electron chi connectivity index (χ2n) is 7.54. The van der Waals surface area contributed by atoms with Gasteiger partial charge in [-0.1, -0.05) is 24.3 Å². The molecule has 0 aliphatic carbocycles. The fourth-order valence-electron chi connectivity index (χ4n) is 3.57. The van der Waals surface area contributed by atoms with E-state index in [0.717, 1.165) is 18.5 Å². The van der Waals surface area contributed by atoms with Crippen LogP contribution in [-0.4, -0.2) is 32.5 Å². The van der Waals surface area contributed by atoms with Crippen molar-refractivity contribution in [2.24, 2.45) is 0 Å². The number of carbonyl (C=O) groups excluding carboxylic acids is 1. The number of sulfonamides is 1. The molecule has 0 saturated carbocycles. The molecule has 0 unspecified atom stereocenters. The van der Waals surface area contributed by atoms with Crippen molar-refractivity contribution >= 4 is 32.5 Å². The van der Waals surface area contributed by atoms with Crippen LogP contribution in [0.4, 0.5) is 5.69 Å². The van der Waals surface area contributed by atoms with Gasteiger partial charge in [-0.3, -0.25) is 9.52 Å². The van der Waals surface area contributed by atoms with Crippen LogP contribution in [-0.2, 0) is 16.6 Å². The van der Waals surface area contributed by atoms with Gasteiger partial charge in [-0.15, -0.1) is 0 Å². The van der Waals surface area contributed by atoms with E-state index in [0.29, 0.717) is 23.5 Å². The molecule has 4 rings (SSSR count). The zero-order valence-corrected chi connectivity index (χ0v) is 19.0. The van der Waals surface area contributed by atoms with Gasteiger partial charge < -0.3 is 14.6 Å². The minimum atomic E-state index is -3.84. The Bertz CT molecular complexity index is 1360. The van der Waals surface area contributed by atoms with Crippen molar-refractivity contribution < 1.29 is 17.9 Å². The molecular formula is C25H25N3O4S. The van der Waals surface area contributed by atoms with Gasteiger partial charge in [0.15, 0.2) is 0 Å². The van der Waals surface area contributed by atoms with E-state index in [1.807, 2.05) is 18.3 Å². The molecule has 2 N–H and O–H groups in total. The smallest absolute Gasteiger partial charge is 0.261 e. The highest BCUT2D eigenvalue weighted by atomic mass is 32.2.